The molecule has 1 aromatic carbocycles. The van der Waals surface area contributed by atoms with Crippen molar-refractivity contribution in [3.05, 3.63) is 30.6 Å². The Kier molecular flexibility index (Phi) is 2.98. The molecule has 2 heterocycles. The van der Waals surface area contributed by atoms with E-state index in [4.69, 9.17) is 10.5 Å². The van der Waals surface area contributed by atoms with E-state index in [0.29, 0.717) is 5.82 Å². The first-order valence-corrected chi connectivity index (χ1v) is 6.18. The average molecular weight is 244 g/mol. The number of nitrogens with zero attached hydrogens (tertiary/aromatic N) is 3. The summed E-state index contributed by atoms with van der Waals surface area (Å²) in [4.78, 5) is 4.31. The largest absolute Gasteiger partial charge is 0.399 e. The van der Waals surface area contributed by atoms with Crippen LogP contribution in [-0.4, -0.2) is 27.5 Å². The van der Waals surface area contributed by atoms with Crippen LogP contribution in [-0.2, 0) is 11.3 Å². The summed E-state index contributed by atoms with van der Waals surface area (Å²) in [7, 11) is 0. The van der Waals surface area contributed by atoms with Gasteiger partial charge in [0.05, 0.1) is 12.6 Å². The van der Waals surface area contributed by atoms with Crippen molar-refractivity contribution in [3.63, 3.8) is 0 Å². The highest BCUT2D eigenvalue weighted by atomic mass is 16.5. The van der Waals surface area contributed by atoms with Crippen molar-refractivity contribution >= 4 is 5.69 Å². The van der Waals surface area contributed by atoms with Gasteiger partial charge >= 0.3 is 0 Å². The van der Waals surface area contributed by atoms with E-state index in [2.05, 4.69) is 10.1 Å². The maximum absolute atomic E-state index is 5.75. The highest BCUT2D eigenvalue weighted by molar-refractivity contribution is 5.60. The van der Waals surface area contributed by atoms with Crippen molar-refractivity contribution in [1.82, 2.24) is 14.8 Å². The third-order valence-corrected chi connectivity index (χ3v) is 3.10. The molecule has 3 rings (SSSR count). The normalized spacial score (nSPS) is 19.2. The SMILES string of the molecule is Nc1cccc(-c2ncn(CC3CCCO3)n2)c1. The minimum Gasteiger partial charge on any atom is -0.399 e. The molecule has 1 aromatic heterocycles. The highest BCUT2D eigenvalue weighted by Gasteiger charge is 2.16. The third-order valence-electron chi connectivity index (χ3n) is 3.10. The van der Waals surface area contributed by atoms with Gasteiger partial charge in [-0.2, -0.15) is 5.10 Å². The zero-order valence-corrected chi connectivity index (χ0v) is 10.1. The fourth-order valence-electron chi connectivity index (χ4n) is 2.19. The maximum atomic E-state index is 5.75. The molecule has 0 bridgehead atoms. The van der Waals surface area contributed by atoms with Crippen LogP contribution in [0.5, 0.6) is 0 Å². The van der Waals surface area contributed by atoms with Crippen LogP contribution >= 0.6 is 0 Å². The van der Waals surface area contributed by atoms with Gasteiger partial charge in [0.25, 0.3) is 0 Å². The van der Waals surface area contributed by atoms with Gasteiger partial charge in [-0.25, -0.2) is 9.67 Å². The van der Waals surface area contributed by atoms with Gasteiger partial charge in [-0.3, -0.25) is 0 Å². The Morgan fingerprint density at radius 2 is 2.39 bits per heavy atom. The first-order valence-electron chi connectivity index (χ1n) is 6.18. The van der Waals surface area contributed by atoms with Crippen molar-refractivity contribution in [2.75, 3.05) is 12.3 Å². The number of rotatable bonds is 3. The Bertz CT molecular complexity index is 531. The van der Waals surface area contributed by atoms with Crippen molar-refractivity contribution in [2.24, 2.45) is 0 Å². The number of hydrogen-bond acceptors (Lipinski definition) is 4. The van der Waals surface area contributed by atoms with Crippen LogP contribution in [0.1, 0.15) is 12.8 Å². The highest BCUT2D eigenvalue weighted by Crippen LogP contribution is 2.18. The molecule has 0 amide bonds. The summed E-state index contributed by atoms with van der Waals surface area (Å²) >= 11 is 0. The molecule has 0 spiro atoms. The molecule has 1 saturated heterocycles. The van der Waals surface area contributed by atoms with Gasteiger partial charge in [0.1, 0.15) is 6.33 Å². The summed E-state index contributed by atoms with van der Waals surface area (Å²) < 4.78 is 7.42. The summed E-state index contributed by atoms with van der Waals surface area (Å²) in [5.41, 5.74) is 7.42. The Labute approximate surface area is 106 Å². The number of anilines is 1. The van der Waals surface area contributed by atoms with Gasteiger partial charge in [-0.15, -0.1) is 0 Å². The first kappa shape index (κ1) is 11.2. The predicted molar refractivity (Wildman–Crippen MR) is 68.8 cm³/mol. The molecule has 1 fully saturated rings. The van der Waals surface area contributed by atoms with Crippen LogP contribution in [0.25, 0.3) is 11.4 Å². The van der Waals surface area contributed by atoms with E-state index in [9.17, 15) is 0 Å². The summed E-state index contributed by atoms with van der Waals surface area (Å²) in [6, 6.07) is 7.60. The molecule has 0 saturated carbocycles. The van der Waals surface area contributed by atoms with Gasteiger partial charge in [-0.1, -0.05) is 12.1 Å². The Hall–Kier alpha value is -1.88. The van der Waals surface area contributed by atoms with Crippen LogP contribution < -0.4 is 5.73 Å². The van der Waals surface area contributed by atoms with Crippen molar-refractivity contribution in [2.45, 2.75) is 25.5 Å². The minimum atomic E-state index is 0.278. The van der Waals surface area contributed by atoms with Gasteiger partial charge in [-0.05, 0) is 25.0 Å². The Balaban J connectivity index is 1.76. The molecule has 1 aliphatic heterocycles. The summed E-state index contributed by atoms with van der Waals surface area (Å²) in [5.74, 6) is 0.709. The standard InChI is InChI=1S/C13H16N4O/c14-11-4-1-3-10(7-11)13-15-9-17(16-13)8-12-5-2-6-18-12/h1,3-4,7,9,12H,2,5-6,8,14H2. The molecular formula is C13H16N4O. The van der Waals surface area contributed by atoms with Gasteiger partial charge in [0.15, 0.2) is 5.82 Å². The number of benzene rings is 1. The van der Waals surface area contributed by atoms with E-state index >= 15 is 0 Å². The number of hydrogen-bond donors (Lipinski definition) is 1. The number of ether oxygens (including phenoxy) is 1. The molecule has 1 unspecified atom stereocenters. The molecule has 1 atom stereocenters. The van der Waals surface area contributed by atoms with E-state index in [1.54, 1.807) is 6.33 Å². The Morgan fingerprint density at radius 1 is 1.44 bits per heavy atom. The predicted octanol–water partition coefficient (Wildman–Crippen LogP) is 1.71. The smallest absolute Gasteiger partial charge is 0.181 e. The van der Waals surface area contributed by atoms with E-state index in [1.165, 1.54) is 0 Å². The monoisotopic (exact) mass is 244 g/mol. The minimum absolute atomic E-state index is 0.278. The lowest BCUT2D eigenvalue weighted by Gasteiger charge is -2.07. The first-order chi connectivity index (χ1) is 8.81. The average Bonchev–Trinajstić information content (AvgIpc) is 3.01. The molecule has 5 nitrogen and oxygen atoms in total. The van der Waals surface area contributed by atoms with E-state index in [-0.39, 0.29) is 6.10 Å². The van der Waals surface area contributed by atoms with Crippen LogP contribution in [0.3, 0.4) is 0 Å². The summed E-state index contributed by atoms with van der Waals surface area (Å²) in [6.07, 6.45) is 4.27. The number of aromatic nitrogens is 3. The second kappa shape index (κ2) is 4.78. The maximum Gasteiger partial charge on any atom is 0.181 e. The molecule has 2 N–H and O–H groups in total. The van der Waals surface area contributed by atoms with Crippen LogP contribution in [0.2, 0.25) is 0 Å². The fourth-order valence-corrected chi connectivity index (χ4v) is 2.19. The van der Waals surface area contributed by atoms with Gasteiger partial charge < -0.3 is 10.5 Å². The zero-order valence-electron chi connectivity index (χ0n) is 10.1. The molecule has 1 aliphatic rings. The fraction of sp³-hybridized carbons (Fsp3) is 0.385. The van der Waals surface area contributed by atoms with Gasteiger partial charge in [0, 0.05) is 17.9 Å². The van der Waals surface area contributed by atoms with E-state index in [0.717, 1.165) is 37.2 Å². The molecule has 0 aliphatic carbocycles. The van der Waals surface area contributed by atoms with E-state index < -0.39 is 0 Å². The molecule has 5 heteroatoms. The molecular weight excluding hydrogens is 228 g/mol. The van der Waals surface area contributed by atoms with Crippen molar-refractivity contribution in [1.29, 1.82) is 0 Å². The van der Waals surface area contributed by atoms with Crippen LogP contribution in [0.15, 0.2) is 30.6 Å². The van der Waals surface area contributed by atoms with Crippen molar-refractivity contribution < 1.29 is 4.74 Å². The second-order valence-corrected chi connectivity index (χ2v) is 4.55. The topological polar surface area (TPSA) is 66.0 Å². The molecule has 94 valence electrons. The summed E-state index contributed by atoms with van der Waals surface area (Å²) in [6.45, 7) is 1.64. The molecule has 2 aromatic rings. The molecule has 18 heavy (non-hydrogen) atoms. The summed E-state index contributed by atoms with van der Waals surface area (Å²) in [5, 5.41) is 4.46. The number of nitrogen functional groups attached to an aromatic ring is 1. The lowest BCUT2D eigenvalue weighted by molar-refractivity contribution is 0.0939. The van der Waals surface area contributed by atoms with E-state index in [1.807, 2.05) is 28.9 Å². The second-order valence-electron chi connectivity index (χ2n) is 4.55. The molecule has 0 radical (unpaired) electrons. The zero-order chi connectivity index (χ0) is 12.4. The van der Waals surface area contributed by atoms with Crippen molar-refractivity contribution in [3.8, 4) is 11.4 Å². The van der Waals surface area contributed by atoms with Crippen LogP contribution in [0.4, 0.5) is 5.69 Å². The van der Waals surface area contributed by atoms with Crippen LogP contribution in [0, 0.1) is 0 Å². The number of nitrogens with two attached hydrogens (primary N) is 1. The Morgan fingerprint density at radius 3 is 3.17 bits per heavy atom. The quantitative estimate of drug-likeness (QED) is 0.835. The lowest BCUT2D eigenvalue weighted by Crippen LogP contribution is -2.15. The van der Waals surface area contributed by atoms with Gasteiger partial charge in [0.2, 0.25) is 0 Å². The third kappa shape index (κ3) is 2.36. The lowest BCUT2D eigenvalue weighted by atomic mass is 10.2.